The van der Waals surface area contributed by atoms with Gasteiger partial charge in [-0.2, -0.15) is 0 Å². The fourth-order valence-electron chi connectivity index (χ4n) is 1.34. The van der Waals surface area contributed by atoms with E-state index in [1.54, 1.807) is 0 Å². The van der Waals surface area contributed by atoms with E-state index in [9.17, 15) is 4.79 Å². The zero-order valence-corrected chi connectivity index (χ0v) is 11.3. The van der Waals surface area contributed by atoms with E-state index in [-0.39, 0.29) is 11.9 Å². The highest BCUT2D eigenvalue weighted by Gasteiger charge is 2.26. The Labute approximate surface area is 99.4 Å². The molecule has 0 N–H and O–H groups in total. The van der Waals surface area contributed by atoms with E-state index in [2.05, 4.69) is 13.0 Å². The molecule has 0 bridgehead atoms. The Hall–Kier alpha value is -1.05. The third-order valence-electron chi connectivity index (χ3n) is 2.29. The van der Waals surface area contributed by atoms with Crippen LogP contribution in [0.4, 0.5) is 0 Å². The Morgan fingerprint density at radius 3 is 2.31 bits per heavy atom. The van der Waals surface area contributed by atoms with E-state index in [0.717, 1.165) is 12.0 Å². The second kappa shape index (κ2) is 6.51. The molecule has 0 amide bonds. The van der Waals surface area contributed by atoms with E-state index in [1.165, 1.54) is 0 Å². The molecule has 16 heavy (non-hydrogen) atoms. The first-order chi connectivity index (χ1) is 7.35. The van der Waals surface area contributed by atoms with Gasteiger partial charge in [0.25, 0.3) is 0 Å². The van der Waals surface area contributed by atoms with Crippen LogP contribution in [0, 0.1) is 5.92 Å². The molecule has 0 radical (unpaired) electrons. The molecule has 0 aliphatic rings. The first-order valence-electron chi connectivity index (χ1n) is 5.91. The van der Waals surface area contributed by atoms with Gasteiger partial charge in [0.1, 0.15) is 5.60 Å². The summed E-state index contributed by atoms with van der Waals surface area (Å²) in [6.07, 6.45) is 6.99. The highest BCUT2D eigenvalue weighted by atomic mass is 16.6. The van der Waals surface area contributed by atoms with E-state index in [0.29, 0.717) is 0 Å². The lowest BCUT2D eigenvalue weighted by atomic mass is 9.96. The maximum absolute atomic E-state index is 11.6. The lowest BCUT2D eigenvalue weighted by Gasteiger charge is -2.27. The fraction of sp³-hybridized carbons (Fsp3) is 0.643. The topological polar surface area (TPSA) is 26.3 Å². The van der Waals surface area contributed by atoms with Crippen LogP contribution in [0.15, 0.2) is 23.8 Å². The van der Waals surface area contributed by atoms with Gasteiger partial charge in [-0.25, -0.2) is 0 Å². The monoisotopic (exact) mass is 224 g/mol. The molecule has 0 unspecified atom stereocenters. The highest BCUT2D eigenvalue weighted by molar-refractivity contribution is 5.72. The van der Waals surface area contributed by atoms with E-state index >= 15 is 0 Å². The zero-order chi connectivity index (χ0) is 12.8. The van der Waals surface area contributed by atoms with E-state index in [4.69, 9.17) is 4.74 Å². The first-order valence-corrected chi connectivity index (χ1v) is 5.91. The second-order valence-corrected chi connectivity index (χ2v) is 4.65. The summed E-state index contributed by atoms with van der Waals surface area (Å²) >= 11 is 0. The Bertz CT molecular complexity index is 283. The molecule has 0 saturated carbocycles. The number of esters is 1. The van der Waals surface area contributed by atoms with Crippen LogP contribution in [0.5, 0.6) is 0 Å². The van der Waals surface area contributed by atoms with Crippen LogP contribution in [0.25, 0.3) is 0 Å². The van der Waals surface area contributed by atoms with Gasteiger partial charge >= 0.3 is 5.97 Å². The number of ether oxygens (including phenoxy) is 1. The summed E-state index contributed by atoms with van der Waals surface area (Å²) in [4.78, 5) is 11.6. The minimum absolute atomic E-state index is 0.0900. The van der Waals surface area contributed by atoms with Gasteiger partial charge in [-0.1, -0.05) is 39.0 Å². The van der Waals surface area contributed by atoms with Crippen molar-refractivity contribution in [3.63, 3.8) is 0 Å². The summed E-state index contributed by atoms with van der Waals surface area (Å²) in [5.74, 6) is -0.246. The number of rotatable bonds is 5. The number of hydrogen-bond donors (Lipinski definition) is 0. The standard InChI is InChI=1S/C14H24O2/c1-7-9-12(10-8-2)14(5,6)16-13(15)11(3)4/h7,9-11H,8H2,1-6H3. The zero-order valence-electron chi connectivity index (χ0n) is 11.3. The molecule has 0 aromatic heterocycles. The van der Waals surface area contributed by atoms with Crippen LogP contribution in [0.2, 0.25) is 0 Å². The molecule has 0 aromatic rings. The summed E-state index contributed by atoms with van der Waals surface area (Å²) < 4.78 is 5.51. The largest absolute Gasteiger partial charge is 0.455 e. The summed E-state index contributed by atoms with van der Waals surface area (Å²) in [6.45, 7) is 11.6. The Morgan fingerprint density at radius 2 is 1.94 bits per heavy atom. The van der Waals surface area contributed by atoms with Crippen LogP contribution < -0.4 is 0 Å². The molecule has 0 atom stereocenters. The average Bonchev–Trinajstić information content (AvgIpc) is 2.16. The Balaban J connectivity index is 4.86. The van der Waals surface area contributed by atoms with Crippen LogP contribution >= 0.6 is 0 Å². The van der Waals surface area contributed by atoms with Gasteiger partial charge in [-0.3, -0.25) is 4.79 Å². The summed E-state index contributed by atoms with van der Waals surface area (Å²) in [7, 11) is 0. The van der Waals surface area contributed by atoms with Crippen LogP contribution in [0.3, 0.4) is 0 Å². The summed E-state index contributed by atoms with van der Waals surface area (Å²) in [5.41, 5.74) is 0.496. The number of carbonyl (C=O) groups is 1. The summed E-state index contributed by atoms with van der Waals surface area (Å²) in [6, 6.07) is 0. The number of hydrogen-bond acceptors (Lipinski definition) is 2. The first kappa shape index (κ1) is 14.9. The molecule has 2 nitrogen and oxygen atoms in total. The van der Waals surface area contributed by atoms with Crippen molar-refractivity contribution in [1.82, 2.24) is 0 Å². The average molecular weight is 224 g/mol. The lowest BCUT2D eigenvalue weighted by molar-refractivity contribution is -0.156. The number of carbonyl (C=O) groups excluding carboxylic acids is 1. The molecule has 0 spiro atoms. The predicted octanol–water partition coefficient (Wildman–Crippen LogP) is 3.88. The van der Waals surface area contributed by atoms with Gasteiger partial charge in [0.05, 0.1) is 5.92 Å². The van der Waals surface area contributed by atoms with Gasteiger partial charge in [0, 0.05) is 0 Å². The highest BCUT2D eigenvalue weighted by Crippen LogP contribution is 2.24. The molecule has 0 saturated heterocycles. The van der Waals surface area contributed by atoms with E-state index < -0.39 is 5.60 Å². The minimum Gasteiger partial charge on any atom is -0.455 e. The van der Waals surface area contributed by atoms with Gasteiger partial charge in [-0.15, -0.1) is 0 Å². The number of allylic oxidation sites excluding steroid dienone is 2. The van der Waals surface area contributed by atoms with Crippen molar-refractivity contribution in [2.75, 3.05) is 0 Å². The normalized spacial score (nSPS) is 13.6. The Morgan fingerprint density at radius 1 is 1.38 bits per heavy atom. The Kier molecular flexibility index (Phi) is 6.09. The van der Waals surface area contributed by atoms with Crippen LogP contribution in [-0.2, 0) is 9.53 Å². The van der Waals surface area contributed by atoms with Crippen molar-refractivity contribution in [2.45, 2.75) is 53.6 Å². The third kappa shape index (κ3) is 4.65. The predicted molar refractivity (Wildman–Crippen MR) is 68.2 cm³/mol. The van der Waals surface area contributed by atoms with Crippen molar-refractivity contribution < 1.29 is 9.53 Å². The quantitative estimate of drug-likeness (QED) is 0.523. The molecule has 2 heteroatoms. The molecule has 0 aromatic carbocycles. The molecule has 0 aliphatic heterocycles. The maximum Gasteiger partial charge on any atom is 0.309 e. The third-order valence-corrected chi connectivity index (χ3v) is 2.29. The molecule has 92 valence electrons. The molecule has 0 fully saturated rings. The van der Waals surface area contributed by atoms with Crippen molar-refractivity contribution in [1.29, 1.82) is 0 Å². The SMILES string of the molecule is CC=CC(=CCC)C(C)(C)OC(=O)C(C)C. The second-order valence-electron chi connectivity index (χ2n) is 4.65. The van der Waals surface area contributed by atoms with E-state index in [1.807, 2.05) is 46.8 Å². The van der Waals surface area contributed by atoms with Crippen LogP contribution in [-0.4, -0.2) is 11.6 Å². The molecular weight excluding hydrogens is 200 g/mol. The molecule has 0 aliphatic carbocycles. The summed E-state index contributed by atoms with van der Waals surface area (Å²) in [5, 5.41) is 0. The van der Waals surface area contributed by atoms with Crippen molar-refractivity contribution in [2.24, 2.45) is 5.92 Å². The molecular formula is C14H24O2. The van der Waals surface area contributed by atoms with Crippen molar-refractivity contribution in [3.05, 3.63) is 23.8 Å². The van der Waals surface area contributed by atoms with Gasteiger partial charge in [0.2, 0.25) is 0 Å². The maximum atomic E-state index is 11.6. The van der Waals surface area contributed by atoms with Crippen molar-refractivity contribution in [3.8, 4) is 0 Å². The molecule has 0 rings (SSSR count). The van der Waals surface area contributed by atoms with Crippen molar-refractivity contribution >= 4 is 5.97 Å². The molecule has 0 heterocycles. The van der Waals surface area contributed by atoms with Gasteiger partial charge < -0.3 is 4.74 Å². The minimum atomic E-state index is -0.552. The van der Waals surface area contributed by atoms with Crippen LogP contribution in [0.1, 0.15) is 48.0 Å². The lowest BCUT2D eigenvalue weighted by Crippen LogP contribution is -2.31. The fourth-order valence-corrected chi connectivity index (χ4v) is 1.34. The smallest absolute Gasteiger partial charge is 0.309 e. The van der Waals surface area contributed by atoms with Gasteiger partial charge in [0.15, 0.2) is 0 Å². The van der Waals surface area contributed by atoms with Gasteiger partial charge in [-0.05, 0) is 32.8 Å².